The zero-order valence-corrected chi connectivity index (χ0v) is 16.3. The molecule has 0 aliphatic rings. The summed E-state index contributed by atoms with van der Waals surface area (Å²) >= 11 is 0. The second-order valence-electron chi connectivity index (χ2n) is 6.12. The number of hydrogen-bond acceptors (Lipinski definition) is 3. The van der Waals surface area contributed by atoms with Gasteiger partial charge in [-0.3, -0.25) is 0 Å². The van der Waals surface area contributed by atoms with Crippen LogP contribution in [0, 0.1) is 5.92 Å². The van der Waals surface area contributed by atoms with Gasteiger partial charge in [0.1, 0.15) is 0 Å². The maximum absolute atomic E-state index is 6.31. The lowest BCUT2D eigenvalue weighted by molar-refractivity contribution is 0.0709. The van der Waals surface area contributed by atoms with E-state index in [9.17, 15) is 0 Å². The Morgan fingerprint density at radius 1 is 0.870 bits per heavy atom. The van der Waals surface area contributed by atoms with Crippen molar-refractivity contribution in [3.05, 3.63) is 30.3 Å². The first-order valence-electron chi connectivity index (χ1n) is 9.15. The molecule has 1 aromatic carbocycles. The first kappa shape index (κ1) is 20.4. The monoisotopic (exact) mass is 338 g/mol. The predicted octanol–water partition coefficient (Wildman–Crippen LogP) is 4.53. The second kappa shape index (κ2) is 11.8. The minimum absolute atomic E-state index is 0.677. The lowest BCUT2D eigenvalue weighted by Crippen LogP contribution is -2.57. The normalized spacial score (nSPS) is 13.2. The first-order chi connectivity index (χ1) is 11.2. The summed E-state index contributed by atoms with van der Waals surface area (Å²) in [6, 6.07) is 10.2. The molecule has 0 heterocycles. The van der Waals surface area contributed by atoms with E-state index >= 15 is 0 Å². The third-order valence-electron chi connectivity index (χ3n) is 3.95. The van der Waals surface area contributed by atoms with Gasteiger partial charge in [0.2, 0.25) is 0 Å². The van der Waals surface area contributed by atoms with Crippen molar-refractivity contribution >= 4 is 14.0 Å². The minimum Gasteiger partial charge on any atom is -0.370 e. The number of rotatable bonds is 13. The Labute approximate surface area is 143 Å². The van der Waals surface area contributed by atoms with Gasteiger partial charge < -0.3 is 13.3 Å². The van der Waals surface area contributed by atoms with Crippen molar-refractivity contribution in [2.24, 2.45) is 5.92 Å². The van der Waals surface area contributed by atoms with Crippen LogP contribution in [-0.4, -0.2) is 28.6 Å². The molecule has 0 spiro atoms. The highest BCUT2D eigenvalue weighted by molar-refractivity contribution is 6.75. The topological polar surface area (TPSA) is 27.7 Å². The summed E-state index contributed by atoms with van der Waals surface area (Å²) < 4.78 is 18.7. The molecular weight excluding hydrogens is 304 g/mol. The fourth-order valence-electron chi connectivity index (χ4n) is 2.33. The highest BCUT2D eigenvalue weighted by Crippen LogP contribution is 2.15. The van der Waals surface area contributed by atoms with E-state index in [0.29, 0.717) is 19.8 Å². The molecule has 0 fully saturated rings. The molecule has 0 radical (unpaired) electrons. The van der Waals surface area contributed by atoms with Crippen molar-refractivity contribution in [2.45, 2.75) is 59.8 Å². The fraction of sp³-hybridized carbons (Fsp3) is 0.684. The van der Waals surface area contributed by atoms with E-state index in [1.165, 1.54) is 12.8 Å². The highest BCUT2D eigenvalue weighted by atomic mass is 28.4. The van der Waals surface area contributed by atoms with Crippen molar-refractivity contribution < 1.29 is 13.3 Å². The molecule has 3 nitrogen and oxygen atoms in total. The summed E-state index contributed by atoms with van der Waals surface area (Å²) in [6.45, 7) is 10.8. The lowest BCUT2D eigenvalue weighted by Gasteiger charge is -2.30. The SMILES string of the molecule is CCCO[Si](OCCC)(OCCCC(C)CC)c1ccccc1. The van der Waals surface area contributed by atoms with Crippen LogP contribution in [0.2, 0.25) is 0 Å². The fourth-order valence-corrected chi connectivity index (χ4v) is 5.04. The molecule has 0 N–H and O–H groups in total. The Kier molecular flexibility index (Phi) is 10.4. The van der Waals surface area contributed by atoms with Crippen molar-refractivity contribution in [2.75, 3.05) is 19.8 Å². The van der Waals surface area contributed by atoms with Crippen LogP contribution in [-0.2, 0) is 13.3 Å². The van der Waals surface area contributed by atoms with Crippen LogP contribution in [0.5, 0.6) is 0 Å². The van der Waals surface area contributed by atoms with Gasteiger partial charge in [-0.15, -0.1) is 0 Å². The number of benzene rings is 1. The Hall–Kier alpha value is -0.683. The van der Waals surface area contributed by atoms with E-state index in [1.807, 2.05) is 18.2 Å². The maximum Gasteiger partial charge on any atom is 0.537 e. The van der Waals surface area contributed by atoms with E-state index in [2.05, 4.69) is 39.8 Å². The zero-order valence-electron chi connectivity index (χ0n) is 15.3. The molecule has 1 atom stereocenters. The third-order valence-corrected chi connectivity index (χ3v) is 6.74. The molecule has 1 aromatic rings. The van der Waals surface area contributed by atoms with Gasteiger partial charge in [-0.05, 0) is 31.6 Å². The van der Waals surface area contributed by atoms with Gasteiger partial charge in [0.15, 0.2) is 0 Å². The summed E-state index contributed by atoms with van der Waals surface area (Å²) in [7, 11) is -2.80. The first-order valence-corrected chi connectivity index (χ1v) is 10.9. The number of hydrogen-bond donors (Lipinski definition) is 0. The summed E-state index contributed by atoms with van der Waals surface area (Å²) in [4.78, 5) is 0. The van der Waals surface area contributed by atoms with Gasteiger partial charge >= 0.3 is 8.80 Å². The van der Waals surface area contributed by atoms with Crippen molar-refractivity contribution in [1.29, 1.82) is 0 Å². The van der Waals surface area contributed by atoms with Gasteiger partial charge in [-0.25, -0.2) is 0 Å². The molecule has 0 amide bonds. The van der Waals surface area contributed by atoms with Gasteiger partial charge in [-0.1, -0.05) is 64.4 Å². The molecule has 132 valence electrons. The lowest BCUT2D eigenvalue weighted by atomic mass is 10.0. The molecule has 1 rings (SSSR count). The third kappa shape index (κ3) is 7.17. The van der Waals surface area contributed by atoms with Crippen LogP contribution < -0.4 is 5.19 Å². The largest absolute Gasteiger partial charge is 0.537 e. The molecule has 0 aromatic heterocycles. The smallest absolute Gasteiger partial charge is 0.370 e. The van der Waals surface area contributed by atoms with Crippen LogP contribution in [0.3, 0.4) is 0 Å². The molecule has 0 aliphatic carbocycles. The van der Waals surface area contributed by atoms with E-state index in [0.717, 1.165) is 30.4 Å². The average molecular weight is 339 g/mol. The predicted molar refractivity (Wildman–Crippen MR) is 99.0 cm³/mol. The van der Waals surface area contributed by atoms with Gasteiger partial charge in [0.05, 0.1) is 0 Å². The summed E-state index contributed by atoms with van der Waals surface area (Å²) in [5.41, 5.74) is 0. The molecular formula is C19H34O3Si. The molecule has 0 aliphatic heterocycles. The molecule has 1 unspecified atom stereocenters. The van der Waals surface area contributed by atoms with Crippen LogP contribution >= 0.6 is 0 Å². The van der Waals surface area contributed by atoms with Crippen LogP contribution in [0.15, 0.2) is 30.3 Å². The maximum atomic E-state index is 6.31. The van der Waals surface area contributed by atoms with Crippen molar-refractivity contribution in [1.82, 2.24) is 0 Å². The Morgan fingerprint density at radius 2 is 1.43 bits per heavy atom. The summed E-state index contributed by atoms with van der Waals surface area (Å²) in [6.07, 6.45) is 5.40. The molecule has 0 bridgehead atoms. The van der Waals surface area contributed by atoms with Gasteiger partial charge in [0.25, 0.3) is 0 Å². The van der Waals surface area contributed by atoms with Crippen LogP contribution in [0.4, 0.5) is 0 Å². The van der Waals surface area contributed by atoms with E-state index in [4.69, 9.17) is 13.3 Å². The summed E-state index contributed by atoms with van der Waals surface area (Å²) in [5, 5.41) is 1.07. The van der Waals surface area contributed by atoms with Gasteiger partial charge in [0, 0.05) is 25.0 Å². The van der Waals surface area contributed by atoms with Gasteiger partial charge in [-0.2, -0.15) is 0 Å². The molecule has 0 saturated carbocycles. The van der Waals surface area contributed by atoms with Crippen LogP contribution in [0.25, 0.3) is 0 Å². The Bertz CT molecular complexity index is 389. The molecule has 23 heavy (non-hydrogen) atoms. The average Bonchev–Trinajstić information content (AvgIpc) is 2.61. The quantitative estimate of drug-likeness (QED) is 0.391. The summed E-state index contributed by atoms with van der Waals surface area (Å²) in [5.74, 6) is 0.750. The van der Waals surface area contributed by atoms with Crippen molar-refractivity contribution in [3.8, 4) is 0 Å². The second-order valence-corrected chi connectivity index (χ2v) is 8.68. The van der Waals surface area contributed by atoms with Crippen molar-refractivity contribution in [3.63, 3.8) is 0 Å². The Morgan fingerprint density at radius 3 is 1.96 bits per heavy atom. The van der Waals surface area contributed by atoms with E-state index < -0.39 is 8.80 Å². The van der Waals surface area contributed by atoms with Crippen LogP contribution in [0.1, 0.15) is 59.8 Å². The molecule has 0 saturated heterocycles. The van der Waals surface area contributed by atoms with E-state index in [1.54, 1.807) is 0 Å². The Balaban J connectivity index is 2.79. The zero-order chi connectivity index (χ0) is 17.0. The molecule has 4 heteroatoms. The van der Waals surface area contributed by atoms with E-state index in [-0.39, 0.29) is 0 Å². The minimum atomic E-state index is -2.80. The standard InChI is InChI=1S/C19H34O3Si/c1-5-15-20-23(21-16-6-2,19-13-9-8-10-14-19)22-17-11-12-18(4)7-3/h8-10,13-14,18H,5-7,11-12,15-17H2,1-4H3. The highest BCUT2D eigenvalue weighted by Gasteiger charge is 2.43.